The van der Waals surface area contributed by atoms with E-state index in [1.807, 2.05) is 20.0 Å². The first kappa shape index (κ1) is 16.2. The third-order valence-corrected chi connectivity index (χ3v) is 2.95. The molecule has 0 saturated carbocycles. The summed E-state index contributed by atoms with van der Waals surface area (Å²) in [5.74, 6) is -0.0104. The van der Waals surface area contributed by atoms with Crippen molar-refractivity contribution < 1.29 is 9.90 Å². The molecule has 5 nitrogen and oxygen atoms in total. The lowest BCUT2D eigenvalue weighted by Crippen LogP contribution is -2.24. The van der Waals surface area contributed by atoms with Gasteiger partial charge in [-0.25, -0.2) is 9.78 Å². The van der Waals surface area contributed by atoms with E-state index in [0.29, 0.717) is 0 Å². The fourth-order valence-electron chi connectivity index (χ4n) is 1.98. The van der Waals surface area contributed by atoms with Gasteiger partial charge in [-0.2, -0.15) is 0 Å². The van der Waals surface area contributed by atoms with Gasteiger partial charge in [-0.3, -0.25) is 0 Å². The zero-order valence-electron chi connectivity index (χ0n) is 12.6. The number of aliphatic carboxylic acids is 1. The highest BCUT2D eigenvalue weighted by Crippen LogP contribution is 2.17. The molecular weight excluding hydrogens is 254 g/mol. The number of rotatable bonds is 7. The molecule has 1 heterocycles. The summed E-state index contributed by atoms with van der Waals surface area (Å²) in [6.07, 6.45) is 5.45. The molecule has 0 bridgehead atoms. The van der Waals surface area contributed by atoms with Crippen molar-refractivity contribution in [2.45, 2.75) is 13.3 Å². The Hall–Kier alpha value is -1.88. The summed E-state index contributed by atoms with van der Waals surface area (Å²) in [7, 11) is 6.15. The lowest BCUT2D eigenvalue weighted by molar-refractivity contribution is -0.131. The maximum Gasteiger partial charge on any atom is 0.328 e. The molecule has 0 fully saturated rings. The Labute approximate surface area is 120 Å². The topological polar surface area (TPSA) is 56.7 Å². The lowest BCUT2D eigenvalue weighted by atomic mass is 10.2. The van der Waals surface area contributed by atoms with Crippen LogP contribution in [0.2, 0.25) is 0 Å². The van der Waals surface area contributed by atoms with Gasteiger partial charge >= 0.3 is 5.97 Å². The number of carbonyl (C=O) groups is 1. The van der Waals surface area contributed by atoms with Crippen LogP contribution in [0.3, 0.4) is 0 Å². The second kappa shape index (κ2) is 7.65. The Morgan fingerprint density at radius 2 is 2.05 bits per heavy atom. The van der Waals surface area contributed by atoms with E-state index >= 15 is 0 Å². The maximum absolute atomic E-state index is 10.5. The van der Waals surface area contributed by atoms with E-state index in [9.17, 15) is 4.79 Å². The summed E-state index contributed by atoms with van der Waals surface area (Å²) >= 11 is 0. The molecule has 0 amide bonds. The Kier molecular flexibility index (Phi) is 6.18. The van der Waals surface area contributed by atoms with Gasteiger partial charge in [0.25, 0.3) is 0 Å². The third-order valence-electron chi connectivity index (χ3n) is 2.95. The van der Waals surface area contributed by atoms with Crippen LogP contribution >= 0.6 is 0 Å². The normalized spacial score (nSPS) is 11.2. The number of carboxylic acid groups (broad SMARTS) is 1. The minimum Gasteiger partial charge on any atom is -0.478 e. The van der Waals surface area contributed by atoms with Crippen LogP contribution in [-0.4, -0.2) is 55.2 Å². The maximum atomic E-state index is 10.5. The number of aryl methyl sites for hydroxylation is 1. The van der Waals surface area contributed by atoms with Crippen molar-refractivity contribution in [2.75, 3.05) is 39.1 Å². The molecule has 1 aromatic heterocycles. The van der Waals surface area contributed by atoms with Gasteiger partial charge in [-0.15, -0.1) is 0 Å². The summed E-state index contributed by atoms with van der Waals surface area (Å²) < 4.78 is 0. The van der Waals surface area contributed by atoms with E-state index in [4.69, 9.17) is 5.11 Å². The smallest absolute Gasteiger partial charge is 0.328 e. The van der Waals surface area contributed by atoms with Crippen molar-refractivity contribution in [3.05, 3.63) is 29.5 Å². The van der Waals surface area contributed by atoms with E-state index < -0.39 is 5.97 Å². The van der Waals surface area contributed by atoms with Crippen LogP contribution < -0.4 is 4.90 Å². The van der Waals surface area contributed by atoms with Crippen LogP contribution in [0.15, 0.2) is 18.3 Å². The van der Waals surface area contributed by atoms with Gasteiger partial charge in [-0.1, -0.05) is 0 Å². The van der Waals surface area contributed by atoms with Crippen LogP contribution in [0.25, 0.3) is 6.08 Å². The monoisotopic (exact) mass is 277 g/mol. The molecule has 20 heavy (non-hydrogen) atoms. The van der Waals surface area contributed by atoms with Crippen LogP contribution in [0.4, 0.5) is 5.82 Å². The summed E-state index contributed by atoms with van der Waals surface area (Å²) in [4.78, 5) is 19.2. The van der Waals surface area contributed by atoms with Gasteiger partial charge in [0.15, 0.2) is 0 Å². The molecule has 1 rings (SSSR count). The van der Waals surface area contributed by atoms with E-state index in [0.717, 1.165) is 42.5 Å². The molecule has 0 aliphatic carbocycles. The standard InChI is InChI=1S/C15H23N3O2/c1-12-10-13(6-7-14(19)20)11-16-15(12)18(4)9-5-8-17(2)3/h6-7,10-11H,5,8-9H2,1-4H3,(H,19,20)/b7-6+. The van der Waals surface area contributed by atoms with Gasteiger partial charge < -0.3 is 14.9 Å². The van der Waals surface area contributed by atoms with Gasteiger partial charge in [0.2, 0.25) is 0 Å². The molecule has 0 aromatic carbocycles. The Bertz CT molecular complexity index is 484. The van der Waals surface area contributed by atoms with Crippen LogP contribution in [0, 0.1) is 6.92 Å². The second-order valence-corrected chi connectivity index (χ2v) is 5.16. The van der Waals surface area contributed by atoms with E-state index in [-0.39, 0.29) is 0 Å². The average molecular weight is 277 g/mol. The molecular formula is C15H23N3O2. The van der Waals surface area contributed by atoms with Crippen molar-refractivity contribution >= 4 is 17.9 Å². The third kappa shape index (κ3) is 5.40. The fourth-order valence-corrected chi connectivity index (χ4v) is 1.98. The first-order valence-electron chi connectivity index (χ1n) is 6.63. The summed E-state index contributed by atoms with van der Waals surface area (Å²) in [5, 5.41) is 8.61. The van der Waals surface area contributed by atoms with E-state index in [2.05, 4.69) is 28.9 Å². The predicted octanol–water partition coefficient (Wildman–Crippen LogP) is 1.88. The molecule has 0 spiro atoms. The molecule has 1 N–H and O–H groups in total. The lowest BCUT2D eigenvalue weighted by Gasteiger charge is -2.21. The highest BCUT2D eigenvalue weighted by Gasteiger charge is 2.06. The first-order chi connectivity index (χ1) is 9.40. The highest BCUT2D eigenvalue weighted by atomic mass is 16.4. The Morgan fingerprint density at radius 3 is 2.60 bits per heavy atom. The molecule has 0 atom stereocenters. The molecule has 0 radical (unpaired) electrons. The van der Waals surface area contributed by atoms with Gasteiger partial charge in [0.05, 0.1) is 0 Å². The van der Waals surface area contributed by atoms with Crippen molar-refractivity contribution in [3.8, 4) is 0 Å². The van der Waals surface area contributed by atoms with E-state index in [1.165, 1.54) is 0 Å². The highest BCUT2D eigenvalue weighted by molar-refractivity contribution is 5.85. The molecule has 0 unspecified atom stereocenters. The Morgan fingerprint density at radius 1 is 1.35 bits per heavy atom. The quantitative estimate of drug-likeness (QED) is 0.771. The molecule has 0 aliphatic heterocycles. The number of hydrogen-bond acceptors (Lipinski definition) is 4. The van der Waals surface area contributed by atoms with Crippen LogP contribution in [-0.2, 0) is 4.79 Å². The second-order valence-electron chi connectivity index (χ2n) is 5.16. The van der Waals surface area contributed by atoms with Crippen molar-refractivity contribution in [3.63, 3.8) is 0 Å². The average Bonchev–Trinajstić information content (AvgIpc) is 2.35. The van der Waals surface area contributed by atoms with Crippen molar-refractivity contribution in [1.29, 1.82) is 0 Å². The van der Waals surface area contributed by atoms with Crippen molar-refractivity contribution in [2.24, 2.45) is 0 Å². The van der Waals surface area contributed by atoms with Crippen molar-refractivity contribution in [1.82, 2.24) is 9.88 Å². The zero-order valence-corrected chi connectivity index (χ0v) is 12.6. The SMILES string of the molecule is Cc1cc(/C=C/C(=O)O)cnc1N(C)CCCN(C)C. The molecule has 5 heteroatoms. The molecule has 0 saturated heterocycles. The number of carboxylic acids is 1. The van der Waals surface area contributed by atoms with Gasteiger partial charge in [0.1, 0.15) is 5.82 Å². The number of aromatic nitrogens is 1. The summed E-state index contributed by atoms with van der Waals surface area (Å²) in [6, 6.07) is 1.95. The number of pyridine rings is 1. The van der Waals surface area contributed by atoms with Gasteiger partial charge in [-0.05, 0) is 57.3 Å². The summed E-state index contributed by atoms with van der Waals surface area (Å²) in [6.45, 7) is 3.97. The Balaban J connectivity index is 2.69. The van der Waals surface area contributed by atoms with Crippen LogP contribution in [0.5, 0.6) is 0 Å². The molecule has 1 aromatic rings. The predicted molar refractivity (Wildman–Crippen MR) is 82.1 cm³/mol. The largest absolute Gasteiger partial charge is 0.478 e. The minimum absolute atomic E-state index is 0.801. The first-order valence-corrected chi connectivity index (χ1v) is 6.63. The minimum atomic E-state index is -0.951. The number of nitrogens with zero attached hydrogens (tertiary/aromatic N) is 3. The van der Waals surface area contributed by atoms with Crippen LogP contribution in [0.1, 0.15) is 17.5 Å². The molecule has 110 valence electrons. The van der Waals surface area contributed by atoms with E-state index in [1.54, 1.807) is 12.3 Å². The van der Waals surface area contributed by atoms with Gasteiger partial charge in [0, 0.05) is 25.9 Å². The fraction of sp³-hybridized carbons (Fsp3) is 0.467. The number of anilines is 1. The molecule has 0 aliphatic rings. The zero-order chi connectivity index (χ0) is 15.1. The number of hydrogen-bond donors (Lipinski definition) is 1. The summed E-state index contributed by atoms with van der Waals surface area (Å²) in [5.41, 5.74) is 1.85.